The molecule has 0 aliphatic carbocycles. The van der Waals surface area contributed by atoms with Crippen molar-refractivity contribution in [3.05, 3.63) is 93.0 Å². The second-order valence-electron chi connectivity index (χ2n) is 18.9. The molecule has 0 unspecified atom stereocenters. The first-order valence-corrected chi connectivity index (χ1v) is 16.6. The van der Waals surface area contributed by atoms with Crippen molar-refractivity contribution in [1.82, 2.24) is 0 Å². The predicted molar refractivity (Wildman–Crippen MR) is 194 cm³/mol. The average molecular weight is 635 g/mol. The number of benzene rings is 3. The fourth-order valence-corrected chi connectivity index (χ4v) is 6.40. The highest BCUT2D eigenvalue weighted by Gasteiger charge is 2.31. The van der Waals surface area contributed by atoms with E-state index in [1.165, 1.54) is 22.3 Å². The summed E-state index contributed by atoms with van der Waals surface area (Å²) in [4.78, 5) is 0. The lowest BCUT2D eigenvalue weighted by Gasteiger charge is -2.33. The Kier molecular flexibility index (Phi) is 10.3. The summed E-state index contributed by atoms with van der Waals surface area (Å²) in [6.07, 6.45) is 0. The molecule has 0 saturated heterocycles. The Labute approximate surface area is 281 Å². The summed E-state index contributed by atoms with van der Waals surface area (Å²) < 4.78 is 2.98. The fraction of sp³-hybridized carbons (Fsp3) is 0.550. The average Bonchev–Trinajstić information content (AvgIpc) is 2.85. The van der Waals surface area contributed by atoms with Crippen molar-refractivity contribution >= 4 is 0 Å². The van der Waals surface area contributed by atoms with Crippen LogP contribution in [0, 0.1) is 0 Å². The Balaban J connectivity index is 2.10. The van der Waals surface area contributed by atoms with Crippen LogP contribution in [0.4, 0.5) is 0 Å². The van der Waals surface area contributed by atoms with Gasteiger partial charge in [0.05, 0.1) is 84.6 Å². The SMILES string of the molecule is CC(C)(c1ccc(C(C)(C)c2cc(C[N+](C)(C)C)c(O)c(C[N+](C)(C)C)c2)cc1)c1cc(C[N+](C)(C)C)c(O)c(C[N+](C)(C)C)c1. The first kappa shape index (κ1) is 37.6. The van der Waals surface area contributed by atoms with E-state index in [1.807, 2.05) is 0 Å². The molecular formula is C40H66N4O2+4. The van der Waals surface area contributed by atoms with Gasteiger partial charge in [0.25, 0.3) is 0 Å². The third-order valence-corrected chi connectivity index (χ3v) is 8.89. The number of phenolic OH excluding ortho intramolecular Hbond substituents is 2. The molecule has 3 aromatic rings. The molecule has 0 aliphatic rings. The second kappa shape index (κ2) is 12.6. The van der Waals surface area contributed by atoms with E-state index < -0.39 is 0 Å². The van der Waals surface area contributed by atoms with Gasteiger partial charge in [-0.05, 0) is 46.5 Å². The first-order chi connectivity index (χ1) is 20.6. The molecule has 0 saturated carbocycles. The van der Waals surface area contributed by atoms with E-state index in [2.05, 4.69) is 161 Å². The molecule has 0 aliphatic heterocycles. The summed E-state index contributed by atoms with van der Waals surface area (Å²) in [5.74, 6) is 0.863. The normalized spacial score (nSPS) is 13.7. The van der Waals surface area contributed by atoms with Crippen molar-refractivity contribution in [1.29, 1.82) is 0 Å². The summed E-state index contributed by atoms with van der Waals surface area (Å²) in [5.41, 5.74) is 8.41. The molecule has 0 radical (unpaired) electrons. The summed E-state index contributed by atoms with van der Waals surface area (Å²) in [5, 5.41) is 22.7. The molecule has 0 spiro atoms. The Morgan fingerprint density at radius 1 is 0.391 bits per heavy atom. The van der Waals surface area contributed by atoms with E-state index in [0.717, 1.165) is 66.4 Å². The van der Waals surface area contributed by atoms with E-state index in [0.29, 0.717) is 11.5 Å². The maximum atomic E-state index is 11.4. The van der Waals surface area contributed by atoms with E-state index in [1.54, 1.807) is 0 Å². The van der Waals surface area contributed by atoms with Gasteiger partial charge in [-0.3, -0.25) is 0 Å². The zero-order valence-electron chi connectivity index (χ0n) is 32.1. The molecule has 0 amide bonds. The summed E-state index contributed by atoms with van der Waals surface area (Å²) >= 11 is 0. The number of nitrogens with zero attached hydrogens (tertiary/aromatic N) is 4. The molecule has 46 heavy (non-hydrogen) atoms. The Hall–Kier alpha value is -2.90. The molecule has 2 N–H and O–H groups in total. The first-order valence-electron chi connectivity index (χ1n) is 16.6. The minimum Gasteiger partial charge on any atom is -0.507 e. The second-order valence-corrected chi connectivity index (χ2v) is 18.9. The van der Waals surface area contributed by atoms with Gasteiger partial charge in [0.15, 0.2) is 0 Å². The molecule has 6 nitrogen and oxygen atoms in total. The van der Waals surface area contributed by atoms with Gasteiger partial charge in [-0.1, -0.05) is 52.0 Å². The molecule has 3 aromatic carbocycles. The minimum absolute atomic E-state index is 0.260. The highest BCUT2D eigenvalue weighted by atomic mass is 16.3. The maximum absolute atomic E-state index is 11.4. The number of rotatable bonds is 12. The number of quaternary nitrogens is 4. The summed E-state index contributed by atoms with van der Waals surface area (Å²) in [6, 6.07) is 18.0. The lowest BCUT2D eigenvalue weighted by atomic mass is 9.73. The van der Waals surface area contributed by atoms with Gasteiger partial charge in [-0.25, -0.2) is 0 Å². The monoisotopic (exact) mass is 635 g/mol. The van der Waals surface area contributed by atoms with Crippen LogP contribution in [0.5, 0.6) is 11.5 Å². The lowest BCUT2D eigenvalue weighted by molar-refractivity contribution is -0.884. The molecule has 3 rings (SSSR count). The molecule has 0 bridgehead atoms. The van der Waals surface area contributed by atoms with Crippen LogP contribution in [0.25, 0.3) is 0 Å². The summed E-state index contributed by atoms with van der Waals surface area (Å²) in [6.45, 7) is 12.2. The van der Waals surface area contributed by atoms with E-state index in [9.17, 15) is 10.2 Å². The van der Waals surface area contributed by atoms with Gasteiger partial charge in [0.2, 0.25) is 0 Å². The fourth-order valence-electron chi connectivity index (χ4n) is 6.40. The number of hydrogen-bond acceptors (Lipinski definition) is 2. The van der Waals surface area contributed by atoms with Gasteiger partial charge in [-0.2, -0.15) is 0 Å². The van der Waals surface area contributed by atoms with Crippen LogP contribution in [0.1, 0.15) is 72.2 Å². The van der Waals surface area contributed by atoms with Crippen LogP contribution in [-0.2, 0) is 37.0 Å². The van der Waals surface area contributed by atoms with Crippen LogP contribution < -0.4 is 0 Å². The minimum atomic E-state index is -0.260. The maximum Gasteiger partial charge on any atom is 0.133 e. The predicted octanol–water partition coefficient (Wildman–Crippen LogP) is 6.57. The van der Waals surface area contributed by atoms with Gasteiger partial charge in [0, 0.05) is 33.1 Å². The Bertz CT molecular complexity index is 1330. The van der Waals surface area contributed by atoms with Gasteiger partial charge in [0.1, 0.15) is 37.7 Å². The quantitative estimate of drug-likeness (QED) is 0.221. The van der Waals surface area contributed by atoms with Gasteiger partial charge in [-0.15, -0.1) is 0 Å². The van der Waals surface area contributed by atoms with Gasteiger partial charge < -0.3 is 28.1 Å². The highest BCUT2D eigenvalue weighted by molar-refractivity contribution is 5.51. The highest BCUT2D eigenvalue weighted by Crippen LogP contribution is 2.40. The molecule has 0 fully saturated rings. The largest absolute Gasteiger partial charge is 0.507 e. The van der Waals surface area contributed by atoms with Crippen LogP contribution in [-0.4, -0.2) is 113 Å². The third kappa shape index (κ3) is 9.57. The van der Waals surface area contributed by atoms with Crippen molar-refractivity contribution in [2.45, 2.75) is 64.7 Å². The Morgan fingerprint density at radius 3 is 0.761 bits per heavy atom. The number of phenols is 2. The van der Waals surface area contributed by atoms with E-state index in [4.69, 9.17) is 0 Å². The topological polar surface area (TPSA) is 40.5 Å². The van der Waals surface area contributed by atoms with Crippen molar-refractivity contribution in [3.8, 4) is 11.5 Å². The van der Waals surface area contributed by atoms with Crippen molar-refractivity contribution < 1.29 is 28.1 Å². The zero-order chi connectivity index (χ0) is 35.3. The van der Waals surface area contributed by atoms with E-state index in [-0.39, 0.29) is 10.8 Å². The Morgan fingerprint density at radius 2 is 0.587 bits per heavy atom. The molecule has 0 atom stereocenters. The van der Waals surface area contributed by atoms with Crippen molar-refractivity contribution in [2.24, 2.45) is 0 Å². The lowest BCUT2D eigenvalue weighted by Crippen LogP contribution is -2.35. The molecule has 0 aromatic heterocycles. The molecular weight excluding hydrogens is 568 g/mol. The van der Waals surface area contributed by atoms with Crippen LogP contribution in [0.3, 0.4) is 0 Å². The van der Waals surface area contributed by atoms with Gasteiger partial charge >= 0.3 is 0 Å². The smallest absolute Gasteiger partial charge is 0.133 e. The van der Waals surface area contributed by atoms with Crippen LogP contribution >= 0.6 is 0 Å². The number of aromatic hydroxyl groups is 2. The summed E-state index contributed by atoms with van der Waals surface area (Å²) in [7, 11) is 26.0. The zero-order valence-corrected chi connectivity index (χ0v) is 32.1. The molecule has 254 valence electrons. The van der Waals surface area contributed by atoms with Crippen LogP contribution in [0.15, 0.2) is 48.5 Å². The third-order valence-electron chi connectivity index (χ3n) is 8.89. The van der Waals surface area contributed by atoms with Crippen molar-refractivity contribution in [2.75, 3.05) is 84.6 Å². The standard InChI is InChI=1S/C40H64N4O2/c1-39(2,35-21-29(25-41(5,6)7)37(45)30(22-35)26-42(8,9)10)33-17-19-34(20-18-33)40(3,4)36-23-31(27-43(11,12)13)38(46)32(24-36)28-44(14,15)16/h17-24H,25-28H2,1-16H3/q+2/p+2. The molecule has 6 heteroatoms. The van der Waals surface area contributed by atoms with Crippen molar-refractivity contribution in [3.63, 3.8) is 0 Å². The van der Waals surface area contributed by atoms with Crippen LogP contribution in [0.2, 0.25) is 0 Å². The van der Waals surface area contributed by atoms with E-state index >= 15 is 0 Å². The number of hydrogen-bond donors (Lipinski definition) is 2. The molecule has 0 heterocycles.